The van der Waals surface area contributed by atoms with Gasteiger partial charge >= 0.3 is 5.97 Å². The number of piperidine rings is 1. The maximum atomic E-state index is 12.4. The Hall–Kier alpha value is -0.880. The number of carbonyl (C=O) groups excluding carboxylic acids is 1. The van der Waals surface area contributed by atoms with Crippen molar-refractivity contribution in [2.75, 3.05) is 13.1 Å². The Morgan fingerprint density at radius 2 is 2.21 bits per heavy atom. The van der Waals surface area contributed by atoms with Gasteiger partial charge < -0.3 is 10.0 Å². The molecule has 2 heterocycles. The minimum absolute atomic E-state index is 0.0639. The van der Waals surface area contributed by atoms with Crippen LogP contribution in [0.5, 0.6) is 0 Å². The van der Waals surface area contributed by atoms with E-state index in [-0.39, 0.29) is 12.5 Å². The Morgan fingerprint density at radius 3 is 2.74 bits per heavy atom. The first-order valence-electron chi connectivity index (χ1n) is 6.12. The Labute approximate surface area is 124 Å². The van der Waals surface area contributed by atoms with Crippen molar-refractivity contribution >= 4 is 39.1 Å². The van der Waals surface area contributed by atoms with Crippen molar-refractivity contribution in [1.82, 2.24) is 4.90 Å². The zero-order valence-corrected chi connectivity index (χ0v) is 13.3. The van der Waals surface area contributed by atoms with Crippen molar-refractivity contribution < 1.29 is 14.7 Å². The number of halogens is 1. The number of hydrogen-bond donors (Lipinski definition) is 1. The molecule has 1 saturated heterocycles. The number of carbonyl (C=O) groups is 2. The average molecular weight is 346 g/mol. The molecule has 1 fully saturated rings. The highest BCUT2D eigenvalue weighted by atomic mass is 79.9. The van der Waals surface area contributed by atoms with Crippen LogP contribution in [0, 0.1) is 12.3 Å². The average Bonchev–Trinajstić information content (AvgIpc) is 2.68. The van der Waals surface area contributed by atoms with Crippen molar-refractivity contribution in [2.45, 2.75) is 26.7 Å². The largest absolute Gasteiger partial charge is 0.481 e. The van der Waals surface area contributed by atoms with Gasteiger partial charge in [-0.05, 0) is 54.2 Å². The Morgan fingerprint density at radius 1 is 1.53 bits per heavy atom. The second kappa shape index (κ2) is 5.25. The minimum Gasteiger partial charge on any atom is -0.481 e. The molecule has 1 amide bonds. The normalized spacial score (nSPS) is 23.4. The van der Waals surface area contributed by atoms with E-state index < -0.39 is 11.4 Å². The Kier molecular flexibility index (Phi) is 4.01. The quantitative estimate of drug-likeness (QED) is 0.895. The number of carboxylic acid groups (broad SMARTS) is 1. The molecule has 1 aliphatic heterocycles. The fourth-order valence-electron chi connectivity index (χ4n) is 2.31. The van der Waals surface area contributed by atoms with Crippen LogP contribution in [-0.2, 0) is 4.79 Å². The van der Waals surface area contributed by atoms with Gasteiger partial charge in [-0.3, -0.25) is 9.59 Å². The number of carboxylic acids is 1. The summed E-state index contributed by atoms with van der Waals surface area (Å²) >= 11 is 4.81. The molecule has 1 unspecified atom stereocenters. The summed E-state index contributed by atoms with van der Waals surface area (Å²) in [6.07, 6.45) is 1.36. The third-order valence-corrected chi connectivity index (χ3v) is 5.69. The number of likely N-dealkylation sites (tertiary alicyclic amines) is 1. The topological polar surface area (TPSA) is 57.6 Å². The van der Waals surface area contributed by atoms with Crippen LogP contribution in [0.2, 0.25) is 0 Å². The number of aliphatic carboxylic acids is 1. The van der Waals surface area contributed by atoms with E-state index in [4.69, 9.17) is 0 Å². The van der Waals surface area contributed by atoms with Crippen LogP contribution in [-0.4, -0.2) is 35.0 Å². The first kappa shape index (κ1) is 14.5. The molecule has 1 aromatic rings. The SMILES string of the molecule is Cc1cc(C(=O)N2CCCC(C)(C(=O)O)C2)sc1Br. The number of amides is 1. The van der Waals surface area contributed by atoms with Gasteiger partial charge in [0.2, 0.25) is 0 Å². The summed E-state index contributed by atoms with van der Waals surface area (Å²) in [5.41, 5.74) is 0.212. The molecule has 0 spiro atoms. The molecule has 2 rings (SSSR count). The third kappa shape index (κ3) is 2.84. The molecule has 0 aromatic carbocycles. The van der Waals surface area contributed by atoms with Crippen LogP contribution in [0.1, 0.15) is 35.0 Å². The zero-order valence-electron chi connectivity index (χ0n) is 10.9. The van der Waals surface area contributed by atoms with E-state index in [9.17, 15) is 14.7 Å². The Bertz CT molecular complexity index is 508. The maximum Gasteiger partial charge on any atom is 0.311 e. The van der Waals surface area contributed by atoms with Gasteiger partial charge in [0, 0.05) is 13.1 Å². The molecule has 1 aromatic heterocycles. The summed E-state index contributed by atoms with van der Waals surface area (Å²) in [5.74, 6) is -0.889. The molecule has 1 aliphatic rings. The van der Waals surface area contributed by atoms with E-state index in [1.54, 1.807) is 11.8 Å². The number of hydrogen-bond acceptors (Lipinski definition) is 3. The van der Waals surface area contributed by atoms with Crippen LogP contribution in [0.15, 0.2) is 9.85 Å². The van der Waals surface area contributed by atoms with Crippen molar-refractivity contribution in [3.05, 3.63) is 20.3 Å². The fourth-order valence-corrected chi connectivity index (χ4v) is 3.81. The molecule has 0 saturated carbocycles. The lowest BCUT2D eigenvalue weighted by Crippen LogP contribution is -2.48. The van der Waals surface area contributed by atoms with Gasteiger partial charge in [0.25, 0.3) is 5.91 Å². The number of aryl methyl sites for hydroxylation is 1. The summed E-state index contributed by atoms with van der Waals surface area (Å²) in [6.45, 7) is 4.57. The van der Waals surface area contributed by atoms with E-state index in [1.807, 2.05) is 13.0 Å². The molecule has 1 atom stereocenters. The molecule has 1 N–H and O–H groups in total. The third-order valence-electron chi connectivity index (χ3n) is 3.57. The lowest BCUT2D eigenvalue weighted by molar-refractivity contribution is -0.150. The summed E-state index contributed by atoms with van der Waals surface area (Å²) < 4.78 is 0.953. The molecule has 104 valence electrons. The lowest BCUT2D eigenvalue weighted by Gasteiger charge is -2.37. The Balaban J connectivity index is 2.18. The summed E-state index contributed by atoms with van der Waals surface area (Å²) in [5, 5.41) is 9.27. The molecular formula is C13H16BrNO3S. The standard InChI is InChI=1S/C13H16BrNO3S/c1-8-6-9(19-10(8)14)11(16)15-5-3-4-13(2,7-15)12(17)18/h6H,3-5,7H2,1-2H3,(H,17,18). The number of thiophene rings is 1. The molecule has 0 aliphatic carbocycles. The van der Waals surface area contributed by atoms with Gasteiger partial charge in [-0.15, -0.1) is 11.3 Å². The van der Waals surface area contributed by atoms with Gasteiger partial charge in [-0.2, -0.15) is 0 Å². The van der Waals surface area contributed by atoms with E-state index in [0.29, 0.717) is 17.8 Å². The first-order chi connectivity index (χ1) is 8.83. The van der Waals surface area contributed by atoms with Crippen LogP contribution in [0.25, 0.3) is 0 Å². The van der Waals surface area contributed by atoms with E-state index >= 15 is 0 Å². The fraction of sp³-hybridized carbons (Fsp3) is 0.538. The van der Waals surface area contributed by atoms with Crippen LogP contribution >= 0.6 is 27.3 Å². The molecule has 0 radical (unpaired) electrons. The highest BCUT2D eigenvalue weighted by Gasteiger charge is 2.39. The zero-order chi connectivity index (χ0) is 14.2. The molecule has 4 nitrogen and oxygen atoms in total. The highest BCUT2D eigenvalue weighted by Crippen LogP contribution is 2.33. The van der Waals surface area contributed by atoms with E-state index in [0.717, 1.165) is 15.8 Å². The second-order valence-corrected chi connectivity index (χ2v) is 7.63. The van der Waals surface area contributed by atoms with Gasteiger partial charge in [-0.1, -0.05) is 0 Å². The van der Waals surface area contributed by atoms with Crippen LogP contribution < -0.4 is 0 Å². The van der Waals surface area contributed by atoms with Crippen LogP contribution in [0.4, 0.5) is 0 Å². The molecule has 19 heavy (non-hydrogen) atoms. The lowest BCUT2D eigenvalue weighted by atomic mass is 9.82. The van der Waals surface area contributed by atoms with Gasteiger partial charge in [0.05, 0.1) is 14.1 Å². The van der Waals surface area contributed by atoms with Gasteiger partial charge in [-0.25, -0.2) is 0 Å². The molecule has 0 bridgehead atoms. The van der Waals surface area contributed by atoms with Gasteiger partial charge in [0.1, 0.15) is 0 Å². The smallest absolute Gasteiger partial charge is 0.311 e. The predicted molar refractivity (Wildman–Crippen MR) is 77.6 cm³/mol. The molecule has 6 heteroatoms. The van der Waals surface area contributed by atoms with Crippen molar-refractivity contribution in [2.24, 2.45) is 5.41 Å². The monoisotopic (exact) mass is 345 g/mol. The minimum atomic E-state index is -0.825. The summed E-state index contributed by atoms with van der Waals surface area (Å²) in [6, 6.07) is 1.85. The highest BCUT2D eigenvalue weighted by molar-refractivity contribution is 9.11. The van der Waals surface area contributed by atoms with E-state index in [1.165, 1.54) is 11.3 Å². The van der Waals surface area contributed by atoms with Crippen LogP contribution in [0.3, 0.4) is 0 Å². The molecular weight excluding hydrogens is 330 g/mol. The summed E-state index contributed by atoms with van der Waals surface area (Å²) in [7, 11) is 0. The first-order valence-corrected chi connectivity index (χ1v) is 7.73. The van der Waals surface area contributed by atoms with E-state index in [2.05, 4.69) is 15.9 Å². The van der Waals surface area contributed by atoms with Crippen molar-refractivity contribution in [1.29, 1.82) is 0 Å². The number of rotatable bonds is 2. The summed E-state index contributed by atoms with van der Waals surface area (Å²) in [4.78, 5) is 26.0. The number of nitrogens with zero attached hydrogens (tertiary/aromatic N) is 1. The van der Waals surface area contributed by atoms with Gasteiger partial charge in [0.15, 0.2) is 0 Å². The predicted octanol–water partition coefficient (Wildman–Crippen LogP) is 3.15. The second-order valence-electron chi connectivity index (χ2n) is 5.26. The maximum absolute atomic E-state index is 12.4. The van der Waals surface area contributed by atoms with Crippen molar-refractivity contribution in [3.63, 3.8) is 0 Å². The van der Waals surface area contributed by atoms with Crippen molar-refractivity contribution in [3.8, 4) is 0 Å².